The van der Waals surface area contributed by atoms with Crippen LogP contribution < -0.4 is 0 Å². The molecule has 0 N–H and O–H groups in total. The Morgan fingerprint density at radius 2 is 2.00 bits per heavy atom. The molecule has 2 nitrogen and oxygen atoms in total. The van der Waals surface area contributed by atoms with Crippen molar-refractivity contribution in [1.82, 2.24) is 4.90 Å². The van der Waals surface area contributed by atoms with E-state index in [1.807, 2.05) is 6.07 Å². The minimum Gasteiger partial charge on any atom is -0.297 e. The van der Waals surface area contributed by atoms with Crippen LogP contribution in [0.1, 0.15) is 51.2 Å². The van der Waals surface area contributed by atoms with Gasteiger partial charge in [0.2, 0.25) is 0 Å². The molecule has 1 rings (SSSR count). The zero-order valence-electron chi connectivity index (χ0n) is 12.1. The lowest BCUT2D eigenvalue weighted by Crippen LogP contribution is -2.31. The van der Waals surface area contributed by atoms with Crippen molar-refractivity contribution >= 4 is 0 Å². The van der Waals surface area contributed by atoms with Crippen molar-refractivity contribution in [3.63, 3.8) is 0 Å². The van der Waals surface area contributed by atoms with Crippen LogP contribution in [0.25, 0.3) is 0 Å². The predicted molar refractivity (Wildman–Crippen MR) is 76.2 cm³/mol. The first kappa shape index (κ1) is 15.7. The molecule has 0 aromatic heterocycles. The average Bonchev–Trinajstić information content (AvgIpc) is 2.37. The molecule has 0 saturated heterocycles. The van der Waals surface area contributed by atoms with E-state index in [4.69, 9.17) is 5.26 Å². The molecular weight excluding hydrogens is 239 g/mol. The molecular formula is C16H23FN2. The van der Waals surface area contributed by atoms with E-state index in [1.165, 1.54) is 25.0 Å². The van der Waals surface area contributed by atoms with Crippen molar-refractivity contribution in [2.45, 2.75) is 52.6 Å². The van der Waals surface area contributed by atoms with Crippen molar-refractivity contribution < 1.29 is 4.39 Å². The number of unbranched alkanes of at least 4 members (excludes halogenated alkanes) is 2. The lowest BCUT2D eigenvalue weighted by molar-refractivity contribution is 0.208. The number of hydrogen-bond acceptors (Lipinski definition) is 2. The van der Waals surface area contributed by atoms with Gasteiger partial charge in [-0.1, -0.05) is 19.8 Å². The van der Waals surface area contributed by atoms with Crippen LogP contribution in [0.4, 0.5) is 4.39 Å². The van der Waals surface area contributed by atoms with Crippen molar-refractivity contribution in [2.24, 2.45) is 0 Å². The molecule has 0 heterocycles. The maximum absolute atomic E-state index is 13.4. The summed E-state index contributed by atoms with van der Waals surface area (Å²) in [5, 5.41) is 8.87. The zero-order chi connectivity index (χ0) is 14.3. The van der Waals surface area contributed by atoms with E-state index in [0.717, 1.165) is 18.5 Å². The molecule has 1 aromatic rings. The summed E-state index contributed by atoms with van der Waals surface area (Å²) in [4.78, 5) is 2.32. The number of hydrogen-bond donors (Lipinski definition) is 0. The van der Waals surface area contributed by atoms with E-state index < -0.39 is 0 Å². The van der Waals surface area contributed by atoms with E-state index >= 15 is 0 Å². The van der Waals surface area contributed by atoms with Gasteiger partial charge < -0.3 is 0 Å². The Hall–Kier alpha value is -1.40. The van der Waals surface area contributed by atoms with Crippen LogP contribution in [-0.2, 0) is 6.54 Å². The first-order valence-corrected chi connectivity index (χ1v) is 7.00. The Labute approximate surface area is 115 Å². The molecule has 0 bridgehead atoms. The molecule has 0 aliphatic rings. The Kier molecular flexibility index (Phi) is 6.52. The highest BCUT2D eigenvalue weighted by Gasteiger charge is 2.11. The van der Waals surface area contributed by atoms with Crippen molar-refractivity contribution in [3.05, 3.63) is 35.1 Å². The molecule has 3 heteroatoms. The maximum Gasteiger partial charge on any atom is 0.124 e. The van der Waals surface area contributed by atoms with Gasteiger partial charge in [-0.05, 0) is 50.6 Å². The van der Waals surface area contributed by atoms with Gasteiger partial charge in [-0.25, -0.2) is 4.39 Å². The van der Waals surface area contributed by atoms with Crippen LogP contribution >= 0.6 is 0 Å². The third-order valence-corrected chi connectivity index (χ3v) is 3.25. The quantitative estimate of drug-likeness (QED) is 0.692. The van der Waals surface area contributed by atoms with Crippen molar-refractivity contribution in [2.75, 3.05) is 6.54 Å². The number of halogens is 1. The van der Waals surface area contributed by atoms with Crippen LogP contribution in [0.15, 0.2) is 18.2 Å². The largest absolute Gasteiger partial charge is 0.297 e. The Morgan fingerprint density at radius 1 is 1.26 bits per heavy atom. The van der Waals surface area contributed by atoms with E-state index in [0.29, 0.717) is 18.2 Å². The second kappa shape index (κ2) is 7.91. The smallest absolute Gasteiger partial charge is 0.124 e. The highest BCUT2D eigenvalue weighted by atomic mass is 19.1. The summed E-state index contributed by atoms with van der Waals surface area (Å²) in [6.45, 7) is 8.20. The standard InChI is InChI=1S/C16H23FN2/c1-4-5-6-7-19(13(2)3)12-15-8-14(11-18)9-16(17)10-15/h8-10,13H,4-7,12H2,1-3H3. The fourth-order valence-corrected chi connectivity index (χ4v) is 2.13. The molecule has 0 spiro atoms. The Bertz CT molecular complexity index is 435. The lowest BCUT2D eigenvalue weighted by atomic mass is 10.1. The fourth-order valence-electron chi connectivity index (χ4n) is 2.13. The molecule has 0 radical (unpaired) electrons. The lowest BCUT2D eigenvalue weighted by Gasteiger charge is -2.26. The second-order valence-corrected chi connectivity index (χ2v) is 5.23. The molecule has 0 atom stereocenters. The number of rotatable bonds is 7. The molecule has 0 unspecified atom stereocenters. The van der Waals surface area contributed by atoms with Gasteiger partial charge in [0.15, 0.2) is 0 Å². The summed E-state index contributed by atoms with van der Waals surface area (Å²) in [6.07, 6.45) is 3.58. The van der Waals surface area contributed by atoms with Gasteiger partial charge in [0.25, 0.3) is 0 Å². The topological polar surface area (TPSA) is 27.0 Å². The van der Waals surface area contributed by atoms with E-state index in [-0.39, 0.29) is 5.82 Å². The van der Waals surface area contributed by atoms with Crippen molar-refractivity contribution in [3.8, 4) is 6.07 Å². The summed E-state index contributed by atoms with van der Waals surface area (Å²) in [6, 6.07) is 7.00. The van der Waals surface area contributed by atoms with E-state index in [2.05, 4.69) is 25.7 Å². The van der Waals surface area contributed by atoms with Gasteiger partial charge in [-0.3, -0.25) is 4.90 Å². The molecule has 0 aliphatic heterocycles. The van der Waals surface area contributed by atoms with Gasteiger partial charge in [0, 0.05) is 12.6 Å². The summed E-state index contributed by atoms with van der Waals surface area (Å²) in [5.74, 6) is -0.327. The monoisotopic (exact) mass is 262 g/mol. The van der Waals surface area contributed by atoms with E-state index in [1.54, 1.807) is 6.07 Å². The van der Waals surface area contributed by atoms with Crippen LogP contribution in [0, 0.1) is 17.1 Å². The number of benzene rings is 1. The zero-order valence-corrected chi connectivity index (χ0v) is 12.1. The molecule has 0 amide bonds. The third kappa shape index (κ3) is 5.40. The van der Waals surface area contributed by atoms with Gasteiger partial charge >= 0.3 is 0 Å². The Morgan fingerprint density at radius 3 is 2.58 bits per heavy atom. The SMILES string of the molecule is CCCCCN(Cc1cc(F)cc(C#N)c1)C(C)C. The van der Waals surface area contributed by atoms with Crippen LogP contribution in [0.3, 0.4) is 0 Å². The van der Waals surface area contributed by atoms with Gasteiger partial charge in [0.05, 0.1) is 11.6 Å². The fraction of sp³-hybridized carbons (Fsp3) is 0.562. The molecule has 104 valence electrons. The van der Waals surface area contributed by atoms with Crippen LogP contribution in [0.2, 0.25) is 0 Å². The van der Waals surface area contributed by atoms with Gasteiger partial charge in [0.1, 0.15) is 5.82 Å². The van der Waals surface area contributed by atoms with Gasteiger partial charge in [-0.15, -0.1) is 0 Å². The number of nitriles is 1. The summed E-state index contributed by atoms with van der Waals surface area (Å²) in [7, 11) is 0. The average molecular weight is 262 g/mol. The third-order valence-electron chi connectivity index (χ3n) is 3.25. The summed E-state index contributed by atoms with van der Waals surface area (Å²) < 4.78 is 13.4. The van der Waals surface area contributed by atoms with Gasteiger partial charge in [-0.2, -0.15) is 5.26 Å². The minimum atomic E-state index is -0.327. The highest BCUT2D eigenvalue weighted by molar-refractivity contribution is 5.33. The molecule has 19 heavy (non-hydrogen) atoms. The summed E-state index contributed by atoms with van der Waals surface area (Å²) in [5.41, 5.74) is 1.27. The predicted octanol–water partition coefficient (Wildman–Crippen LogP) is 4.10. The normalized spacial score (nSPS) is 11.0. The molecule has 1 aromatic carbocycles. The van der Waals surface area contributed by atoms with Crippen LogP contribution in [0.5, 0.6) is 0 Å². The first-order chi connectivity index (χ1) is 9.06. The second-order valence-electron chi connectivity index (χ2n) is 5.23. The minimum absolute atomic E-state index is 0.327. The van der Waals surface area contributed by atoms with E-state index in [9.17, 15) is 4.39 Å². The van der Waals surface area contributed by atoms with Crippen molar-refractivity contribution in [1.29, 1.82) is 5.26 Å². The maximum atomic E-state index is 13.4. The summed E-state index contributed by atoms with van der Waals surface area (Å²) >= 11 is 0. The molecule has 0 fully saturated rings. The number of nitrogens with zero attached hydrogens (tertiary/aromatic N) is 2. The first-order valence-electron chi connectivity index (χ1n) is 7.00. The molecule has 0 aliphatic carbocycles. The molecule has 0 saturated carbocycles. The van der Waals surface area contributed by atoms with Crippen LogP contribution in [-0.4, -0.2) is 17.5 Å². The highest BCUT2D eigenvalue weighted by Crippen LogP contribution is 2.14. The Balaban J connectivity index is 2.73.